The standard InChI is InChI=1S/C31H22Cl2F4N4O4.CH4/c32-14-6-7-17-19(8-14)39-29(44)30(17)25(15-2-1-3-18(33)26(15)34)24-22(41(30)11-13-4-5-13)12-40-21-10-23(45-31(35,36)37)16(28(42)43)9-20(21)38-27(24)40;/h1-3,6-10,13,22,24-25H,4-5,11-12H2,(H,39,44)(H,42,43);1H4/t22-,24+,25-,30+;/m0./s1. The second-order valence-corrected chi connectivity index (χ2v) is 12.8. The molecule has 4 heterocycles. The van der Waals surface area contributed by atoms with Crippen LogP contribution in [-0.2, 0) is 16.9 Å². The molecule has 2 N–H and O–H groups in total. The fraction of sp³-hybridized carbons (Fsp3) is 0.344. The van der Waals surface area contributed by atoms with E-state index in [-0.39, 0.29) is 41.5 Å². The van der Waals surface area contributed by atoms with E-state index in [2.05, 4.69) is 15.0 Å². The second-order valence-electron chi connectivity index (χ2n) is 12.0. The molecule has 1 saturated carbocycles. The molecule has 0 bridgehead atoms. The monoisotopic (exact) mass is 676 g/mol. The Morgan fingerprint density at radius 3 is 2.61 bits per heavy atom. The van der Waals surface area contributed by atoms with Crippen LogP contribution in [0.15, 0.2) is 48.5 Å². The van der Waals surface area contributed by atoms with Gasteiger partial charge in [0.1, 0.15) is 28.5 Å². The van der Waals surface area contributed by atoms with Gasteiger partial charge in [0, 0.05) is 53.3 Å². The minimum absolute atomic E-state index is 0. The number of amides is 1. The molecule has 1 amide bonds. The van der Waals surface area contributed by atoms with Gasteiger partial charge in [0.25, 0.3) is 0 Å². The Morgan fingerprint density at radius 2 is 1.91 bits per heavy atom. The molecule has 1 spiro atoms. The van der Waals surface area contributed by atoms with E-state index in [9.17, 15) is 27.9 Å². The van der Waals surface area contributed by atoms with E-state index in [1.165, 1.54) is 6.07 Å². The maximum atomic E-state index is 16.1. The highest BCUT2D eigenvalue weighted by Gasteiger charge is 2.70. The number of nitrogens with one attached hydrogen (secondary N) is 1. The molecule has 1 aliphatic carbocycles. The van der Waals surface area contributed by atoms with Gasteiger partial charge < -0.3 is 19.7 Å². The zero-order chi connectivity index (χ0) is 31.6. The Bertz CT molecular complexity index is 1960. The zero-order valence-electron chi connectivity index (χ0n) is 23.0. The lowest BCUT2D eigenvalue weighted by atomic mass is 9.71. The van der Waals surface area contributed by atoms with E-state index in [1.807, 2.05) is 0 Å². The summed E-state index contributed by atoms with van der Waals surface area (Å²) in [4.78, 5) is 33.2. The highest BCUT2D eigenvalue weighted by Crippen LogP contribution is 2.65. The smallest absolute Gasteiger partial charge is 0.478 e. The number of carbonyl (C=O) groups is 2. The first-order chi connectivity index (χ1) is 21.4. The number of anilines is 1. The van der Waals surface area contributed by atoms with Gasteiger partial charge in [-0.15, -0.1) is 13.2 Å². The van der Waals surface area contributed by atoms with Crippen molar-refractivity contribution < 1.29 is 37.0 Å². The summed E-state index contributed by atoms with van der Waals surface area (Å²) >= 11 is 12.6. The van der Waals surface area contributed by atoms with Crippen LogP contribution in [0.25, 0.3) is 11.0 Å². The molecule has 0 radical (unpaired) electrons. The van der Waals surface area contributed by atoms with Crippen molar-refractivity contribution in [2.75, 3.05) is 11.9 Å². The van der Waals surface area contributed by atoms with Crippen LogP contribution in [0, 0.1) is 11.7 Å². The van der Waals surface area contributed by atoms with Crippen molar-refractivity contribution >= 4 is 51.8 Å². The molecule has 3 aliphatic heterocycles. The molecule has 46 heavy (non-hydrogen) atoms. The number of imidazole rings is 1. The average Bonchev–Trinajstić information content (AvgIpc) is 3.42. The van der Waals surface area contributed by atoms with E-state index in [4.69, 9.17) is 28.2 Å². The second kappa shape index (κ2) is 10.3. The van der Waals surface area contributed by atoms with Crippen molar-refractivity contribution in [2.45, 2.75) is 56.6 Å². The van der Waals surface area contributed by atoms with E-state index in [1.54, 1.807) is 34.9 Å². The first kappa shape index (κ1) is 30.8. The average molecular weight is 677 g/mol. The van der Waals surface area contributed by atoms with Crippen LogP contribution in [0.3, 0.4) is 0 Å². The third-order valence-corrected chi connectivity index (χ3v) is 10.1. The van der Waals surface area contributed by atoms with Crippen molar-refractivity contribution in [1.29, 1.82) is 0 Å². The number of aromatic carboxylic acids is 1. The quantitative estimate of drug-likeness (QED) is 0.212. The lowest BCUT2D eigenvalue weighted by Gasteiger charge is -2.40. The summed E-state index contributed by atoms with van der Waals surface area (Å²) in [5.74, 6) is -4.33. The summed E-state index contributed by atoms with van der Waals surface area (Å²) in [7, 11) is 0. The molecule has 8 nitrogen and oxygen atoms in total. The van der Waals surface area contributed by atoms with Crippen LogP contribution in [0.4, 0.5) is 23.2 Å². The summed E-state index contributed by atoms with van der Waals surface area (Å²) < 4.78 is 61.8. The summed E-state index contributed by atoms with van der Waals surface area (Å²) in [6, 6.07) is 11.4. The Hall–Kier alpha value is -3.87. The van der Waals surface area contributed by atoms with E-state index in [0.717, 1.165) is 25.0 Å². The number of rotatable bonds is 5. The van der Waals surface area contributed by atoms with Crippen molar-refractivity contribution in [3.05, 3.63) is 86.9 Å². The maximum absolute atomic E-state index is 16.1. The number of alkyl halides is 3. The van der Waals surface area contributed by atoms with Gasteiger partial charge in [0.15, 0.2) is 0 Å². The van der Waals surface area contributed by atoms with Gasteiger partial charge in [-0.1, -0.05) is 48.8 Å². The first-order valence-corrected chi connectivity index (χ1v) is 15.0. The largest absolute Gasteiger partial charge is 0.573 e. The van der Waals surface area contributed by atoms with Crippen molar-refractivity contribution in [1.82, 2.24) is 14.5 Å². The molecule has 240 valence electrons. The number of carbonyl (C=O) groups excluding carboxylic acids is 1. The number of carboxylic acid groups (broad SMARTS) is 1. The molecule has 14 heteroatoms. The van der Waals surface area contributed by atoms with Crippen LogP contribution >= 0.6 is 23.2 Å². The summed E-state index contributed by atoms with van der Waals surface area (Å²) in [6.45, 7) is 0.724. The summed E-state index contributed by atoms with van der Waals surface area (Å²) in [5.41, 5.74) is -0.381. The molecule has 8 rings (SSSR count). The van der Waals surface area contributed by atoms with Crippen LogP contribution in [-0.4, -0.2) is 50.4 Å². The topological polar surface area (TPSA) is 96.7 Å². The number of nitrogens with zero attached hydrogens (tertiary/aromatic N) is 3. The van der Waals surface area contributed by atoms with E-state index >= 15 is 4.39 Å². The van der Waals surface area contributed by atoms with Crippen molar-refractivity contribution in [3.63, 3.8) is 0 Å². The molecule has 2 fully saturated rings. The molecule has 3 aromatic carbocycles. The fourth-order valence-electron chi connectivity index (χ4n) is 7.75. The number of halogens is 6. The third-order valence-electron chi connectivity index (χ3n) is 9.54. The summed E-state index contributed by atoms with van der Waals surface area (Å²) in [5, 5.41) is 12.9. The van der Waals surface area contributed by atoms with E-state index < -0.39 is 52.9 Å². The Kier molecular flexibility index (Phi) is 6.90. The molecular weight excluding hydrogens is 651 g/mol. The van der Waals surface area contributed by atoms with Gasteiger partial charge in [-0.3, -0.25) is 9.69 Å². The van der Waals surface area contributed by atoms with Crippen LogP contribution in [0.2, 0.25) is 10.0 Å². The maximum Gasteiger partial charge on any atom is 0.573 e. The Labute approximate surface area is 269 Å². The van der Waals surface area contributed by atoms with Crippen molar-refractivity contribution in [2.24, 2.45) is 5.92 Å². The van der Waals surface area contributed by atoms with Gasteiger partial charge in [-0.2, -0.15) is 0 Å². The van der Waals surface area contributed by atoms with Gasteiger partial charge in [0.05, 0.1) is 16.1 Å². The normalized spacial score (nSPS) is 24.9. The van der Waals surface area contributed by atoms with Gasteiger partial charge >= 0.3 is 12.3 Å². The molecule has 0 unspecified atom stereocenters. The van der Waals surface area contributed by atoms with Crippen LogP contribution in [0.5, 0.6) is 5.75 Å². The molecule has 1 aromatic heterocycles. The predicted molar refractivity (Wildman–Crippen MR) is 162 cm³/mol. The number of hydrogen-bond donors (Lipinski definition) is 2. The third kappa shape index (κ3) is 4.33. The van der Waals surface area contributed by atoms with E-state index in [0.29, 0.717) is 34.6 Å². The first-order valence-electron chi connectivity index (χ1n) is 14.2. The minimum atomic E-state index is -5.13. The molecule has 1 saturated heterocycles. The highest BCUT2D eigenvalue weighted by atomic mass is 35.5. The van der Waals surface area contributed by atoms with Gasteiger partial charge in [-0.25, -0.2) is 14.2 Å². The number of ether oxygens (including phenoxy) is 1. The van der Waals surface area contributed by atoms with Crippen molar-refractivity contribution in [3.8, 4) is 5.75 Å². The number of fused-ring (bicyclic) bond motifs is 7. The van der Waals surface area contributed by atoms with Crippen LogP contribution < -0.4 is 10.1 Å². The Balaban J connectivity index is 0.00000338. The van der Waals surface area contributed by atoms with Crippen LogP contribution in [0.1, 0.15) is 59.4 Å². The van der Waals surface area contributed by atoms with Gasteiger partial charge in [0.2, 0.25) is 5.91 Å². The molecular formula is C32H26Cl2F4N4O4. The predicted octanol–water partition coefficient (Wildman–Crippen LogP) is 7.54. The number of carboxylic acids is 1. The Morgan fingerprint density at radius 1 is 1.15 bits per heavy atom. The number of aromatic nitrogens is 2. The lowest BCUT2D eigenvalue weighted by Crippen LogP contribution is -2.53. The molecule has 4 aliphatic rings. The SMILES string of the molecule is C.O=C(O)c1cc2nc3n(c2cc1OC(F)(F)F)C[C@H]1[C@@H]3[C@H](c2cccc(Cl)c2F)[C@]2(C(=O)Nc3cc(Cl)ccc32)N1CC1CC1. The minimum Gasteiger partial charge on any atom is -0.478 e. The zero-order valence-corrected chi connectivity index (χ0v) is 24.5. The highest BCUT2D eigenvalue weighted by molar-refractivity contribution is 6.31. The number of benzene rings is 3. The molecule has 4 aromatic rings. The fourth-order valence-corrected chi connectivity index (χ4v) is 8.11. The number of hydrogen-bond acceptors (Lipinski definition) is 5. The lowest BCUT2D eigenvalue weighted by molar-refractivity contribution is -0.274. The number of likely N-dealkylation sites (tertiary alicyclic amines) is 1. The molecule has 4 atom stereocenters. The van der Waals surface area contributed by atoms with Gasteiger partial charge in [-0.05, 0) is 48.6 Å². The summed E-state index contributed by atoms with van der Waals surface area (Å²) in [6.07, 6.45) is -3.21.